The van der Waals surface area contributed by atoms with E-state index in [1.54, 1.807) is 0 Å². The van der Waals surface area contributed by atoms with Crippen molar-refractivity contribution in [3.05, 3.63) is 0 Å². The lowest BCUT2D eigenvalue weighted by molar-refractivity contribution is -0.151. The van der Waals surface area contributed by atoms with Crippen LogP contribution in [0.4, 0.5) is 0 Å². The minimum absolute atomic E-state index is 0.164. The largest absolute Gasteiger partial charge is 0.465 e. The van der Waals surface area contributed by atoms with Crippen molar-refractivity contribution in [3.63, 3.8) is 0 Å². The Kier molecular flexibility index (Phi) is 6.72. The highest BCUT2D eigenvalue weighted by molar-refractivity contribution is 5.80. The van der Waals surface area contributed by atoms with Crippen LogP contribution in [0.5, 0.6) is 0 Å². The number of esters is 1. The second-order valence-corrected chi connectivity index (χ2v) is 5.37. The van der Waals surface area contributed by atoms with E-state index in [4.69, 9.17) is 4.74 Å². The summed E-state index contributed by atoms with van der Waals surface area (Å²) in [5.41, 5.74) is -0.617. The van der Waals surface area contributed by atoms with E-state index in [1.165, 1.54) is 0 Å². The third-order valence-electron chi connectivity index (χ3n) is 2.92. The van der Waals surface area contributed by atoms with E-state index < -0.39 is 5.54 Å². The predicted molar refractivity (Wildman–Crippen MR) is 71.1 cm³/mol. The molecule has 0 radical (unpaired) electrons. The molecule has 0 saturated heterocycles. The van der Waals surface area contributed by atoms with Gasteiger partial charge >= 0.3 is 5.97 Å². The molecule has 0 saturated carbocycles. The summed E-state index contributed by atoms with van der Waals surface area (Å²) in [7, 11) is 4.04. The van der Waals surface area contributed by atoms with Gasteiger partial charge in [0.2, 0.25) is 0 Å². The zero-order valence-electron chi connectivity index (χ0n) is 12.3. The van der Waals surface area contributed by atoms with Crippen molar-refractivity contribution in [1.29, 1.82) is 0 Å². The van der Waals surface area contributed by atoms with Gasteiger partial charge in [-0.1, -0.05) is 0 Å². The van der Waals surface area contributed by atoms with Gasteiger partial charge < -0.3 is 9.64 Å². The van der Waals surface area contributed by atoms with E-state index in [1.807, 2.05) is 41.8 Å². The van der Waals surface area contributed by atoms with Crippen molar-refractivity contribution in [2.75, 3.05) is 20.7 Å². The number of rotatable bonds is 7. The van der Waals surface area contributed by atoms with Crippen LogP contribution < -0.4 is 5.32 Å². The summed E-state index contributed by atoms with van der Waals surface area (Å²) in [6.45, 7) is 10.4. The lowest BCUT2D eigenvalue weighted by Gasteiger charge is -2.34. The number of hydrogen-bond donors (Lipinski definition) is 1. The third-order valence-corrected chi connectivity index (χ3v) is 2.92. The molecule has 1 N–H and O–H groups in total. The molecule has 4 nitrogen and oxygen atoms in total. The van der Waals surface area contributed by atoms with Gasteiger partial charge in [-0.25, -0.2) is 0 Å². The number of nitrogens with one attached hydrogen (secondary N) is 1. The molecule has 0 heterocycles. The fourth-order valence-electron chi connectivity index (χ4n) is 1.90. The Morgan fingerprint density at radius 3 is 2.24 bits per heavy atom. The molecule has 102 valence electrons. The van der Waals surface area contributed by atoms with E-state index >= 15 is 0 Å². The van der Waals surface area contributed by atoms with Gasteiger partial charge in [0.25, 0.3) is 0 Å². The zero-order valence-corrected chi connectivity index (χ0v) is 12.3. The van der Waals surface area contributed by atoms with Crippen LogP contribution in [0.2, 0.25) is 0 Å². The highest BCUT2D eigenvalue weighted by Gasteiger charge is 2.36. The van der Waals surface area contributed by atoms with Crippen molar-refractivity contribution in [3.8, 4) is 0 Å². The molecule has 0 aliphatic heterocycles. The molecule has 0 aliphatic rings. The maximum Gasteiger partial charge on any atom is 0.326 e. The van der Waals surface area contributed by atoms with Crippen LogP contribution in [0.25, 0.3) is 0 Å². The summed E-state index contributed by atoms with van der Waals surface area (Å²) in [5, 5.41) is 3.33. The molecule has 2 atom stereocenters. The van der Waals surface area contributed by atoms with E-state index in [0.717, 1.165) is 6.42 Å². The Bertz CT molecular complexity index is 242. The Hall–Kier alpha value is -0.610. The molecule has 0 rings (SSSR count). The van der Waals surface area contributed by atoms with Gasteiger partial charge in [0.05, 0.1) is 6.61 Å². The first-order valence-corrected chi connectivity index (χ1v) is 6.34. The number of carbonyl (C=O) groups is 1. The quantitative estimate of drug-likeness (QED) is 0.691. The fourth-order valence-corrected chi connectivity index (χ4v) is 1.90. The molecule has 0 bridgehead atoms. The molecule has 2 unspecified atom stereocenters. The van der Waals surface area contributed by atoms with Crippen LogP contribution in [-0.4, -0.2) is 49.2 Å². The van der Waals surface area contributed by atoms with Crippen LogP contribution in [0, 0.1) is 0 Å². The minimum atomic E-state index is -0.617. The Morgan fingerprint density at radius 2 is 1.88 bits per heavy atom. The molecular weight excluding hydrogens is 216 g/mol. The zero-order chi connectivity index (χ0) is 13.6. The lowest BCUT2D eigenvalue weighted by Crippen LogP contribution is -2.55. The van der Waals surface area contributed by atoms with Gasteiger partial charge in [0.15, 0.2) is 0 Å². The normalized spacial score (nSPS) is 17.0. The monoisotopic (exact) mass is 244 g/mol. The van der Waals surface area contributed by atoms with Crippen LogP contribution >= 0.6 is 0 Å². The first-order valence-electron chi connectivity index (χ1n) is 6.34. The van der Waals surface area contributed by atoms with E-state index in [2.05, 4.69) is 17.1 Å². The van der Waals surface area contributed by atoms with Crippen molar-refractivity contribution in [2.45, 2.75) is 58.7 Å². The minimum Gasteiger partial charge on any atom is -0.465 e. The lowest BCUT2D eigenvalue weighted by atomic mass is 9.92. The standard InChI is InChI=1S/C13H28N2O2/c1-8-17-12(16)13(5,14-10(2)3)9-11(4)15(6)7/h10-11,14H,8-9H2,1-7H3. The van der Waals surface area contributed by atoms with Crippen LogP contribution in [0.1, 0.15) is 41.0 Å². The highest BCUT2D eigenvalue weighted by atomic mass is 16.5. The van der Waals surface area contributed by atoms with Gasteiger partial charge in [0.1, 0.15) is 5.54 Å². The topological polar surface area (TPSA) is 41.6 Å². The Balaban J connectivity index is 4.77. The van der Waals surface area contributed by atoms with E-state index in [9.17, 15) is 4.79 Å². The number of carbonyl (C=O) groups excluding carboxylic acids is 1. The second kappa shape index (κ2) is 6.97. The summed E-state index contributed by atoms with van der Waals surface area (Å²) < 4.78 is 5.17. The van der Waals surface area contributed by atoms with E-state index in [-0.39, 0.29) is 12.0 Å². The number of hydrogen-bond acceptors (Lipinski definition) is 4. The Morgan fingerprint density at radius 1 is 1.35 bits per heavy atom. The molecule has 0 aromatic heterocycles. The second-order valence-electron chi connectivity index (χ2n) is 5.37. The number of nitrogens with zero attached hydrogens (tertiary/aromatic N) is 1. The molecule has 0 spiro atoms. The van der Waals surface area contributed by atoms with Gasteiger partial charge in [-0.2, -0.15) is 0 Å². The molecule has 0 aromatic carbocycles. The van der Waals surface area contributed by atoms with Crippen molar-refractivity contribution in [2.24, 2.45) is 0 Å². The van der Waals surface area contributed by atoms with Crippen molar-refractivity contribution < 1.29 is 9.53 Å². The van der Waals surface area contributed by atoms with Gasteiger partial charge in [0, 0.05) is 12.1 Å². The molecule has 0 aliphatic carbocycles. The predicted octanol–water partition coefficient (Wildman–Crippen LogP) is 1.65. The first kappa shape index (κ1) is 16.4. The van der Waals surface area contributed by atoms with Crippen molar-refractivity contribution >= 4 is 5.97 Å². The summed E-state index contributed by atoms with van der Waals surface area (Å²) in [4.78, 5) is 14.2. The van der Waals surface area contributed by atoms with E-state index in [0.29, 0.717) is 12.6 Å². The molecule has 0 amide bonds. The van der Waals surface area contributed by atoms with Crippen LogP contribution in [-0.2, 0) is 9.53 Å². The SMILES string of the molecule is CCOC(=O)C(C)(CC(C)N(C)C)NC(C)C. The van der Waals surface area contributed by atoms with Crippen LogP contribution in [0.15, 0.2) is 0 Å². The smallest absolute Gasteiger partial charge is 0.326 e. The highest BCUT2D eigenvalue weighted by Crippen LogP contribution is 2.18. The molecule has 17 heavy (non-hydrogen) atoms. The third kappa shape index (κ3) is 5.50. The summed E-state index contributed by atoms with van der Waals surface area (Å²) in [6, 6.07) is 0.564. The molecule has 0 fully saturated rings. The van der Waals surface area contributed by atoms with Gasteiger partial charge in [-0.15, -0.1) is 0 Å². The first-order chi connectivity index (χ1) is 7.73. The summed E-state index contributed by atoms with van der Waals surface area (Å²) in [5.74, 6) is -0.164. The summed E-state index contributed by atoms with van der Waals surface area (Å²) in [6.07, 6.45) is 0.733. The van der Waals surface area contributed by atoms with Gasteiger partial charge in [-0.3, -0.25) is 10.1 Å². The fraction of sp³-hybridized carbons (Fsp3) is 0.923. The molecule has 4 heteroatoms. The maximum atomic E-state index is 12.1. The molecule has 0 aromatic rings. The number of ether oxygens (including phenoxy) is 1. The maximum absolute atomic E-state index is 12.1. The summed E-state index contributed by atoms with van der Waals surface area (Å²) >= 11 is 0. The van der Waals surface area contributed by atoms with Gasteiger partial charge in [-0.05, 0) is 55.1 Å². The average Bonchev–Trinajstić information content (AvgIpc) is 2.16. The van der Waals surface area contributed by atoms with Crippen molar-refractivity contribution in [1.82, 2.24) is 10.2 Å². The Labute approximate surface area is 106 Å². The average molecular weight is 244 g/mol. The van der Waals surface area contributed by atoms with Crippen LogP contribution in [0.3, 0.4) is 0 Å². The molecular formula is C13H28N2O2.